The Morgan fingerprint density at radius 1 is 1.35 bits per heavy atom. The lowest BCUT2D eigenvalue weighted by Gasteiger charge is -2.35. The van der Waals surface area contributed by atoms with Gasteiger partial charge in [0.2, 0.25) is 0 Å². The predicted octanol–water partition coefficient (Wildman–Crippen LogP) is 1.70. The summed E-state index contributed by atoms with van der Waals surface area (Å²) in [5.74, 6) is 0. The zero-order valence-corrected chi connectivity index (χ0v) is 11.2. The van der Waals surface area contributed by atoms with Crippen molar-refractivity contribution < 1.29 is 5.11 Å². The molecule has 3 atom stereocenters. The van der Waals surface area contributed by atoms with Gasteiger partial charge in [-0.05, 0) is 33.4 Å². The number of aryl methyl sites for hydroxylation is 1. The Bertz CT molecular complexity index is 352. The van der Waals surface area contributed by atoms with Gasteiger partial charge >= 0.3 is 0 Å². The lowest BCUT2D eigenvalue weighted by molar-refractivity contribution is 0.109. The minimum absolute atomic E-state index is 0.0239. The molecule has 0 radical (unpaired) electrons. The third-order valence-electron chi connectivity index (χ3n) is 3.28. The zero-order valence-electron chi connectivity index (χ0n) is 11.2. The third kappa shape index (κ3) is 3.53. The molecule has 0 saturated carbocycles. The molecular weight excluding hydrogens is 212 g/mol. The number of aliphatic hydroxyl groups is 1. The van der Waals surface area contributed by atoms with Crippen molar-refractivity contribution in [3.8, 4) is 0 Å². The average Bonchev–Trinajstić information content (AvgIpc) is 2.27. The van der Waals surface area contributed by atoms with E-state index in [9.17, 15) is 5.11 Å². The molecule has 3 unspecified atom stereocenters. The number of rotatable bonds is 5. The van der Waals surface area contributed by atoms with Gasteiger partial charge in [0.1, 0.15) is 0 Å². The molecule has 3 N–H and O–H groups in total. The first-order valence-electron chi connectivity index (χ1n) is 6.12. The quantitative estimate of drug-likeness (QED) is 0.818. The lowest BCUT2D eigenvalue weighted by atomic mass is 9.97. The van der Waals surface area contributed by atoms with Crippen molar-refractivity contribution in [1.29, 1.82) is 0 Å². The Labute approximate surface area is 104 Å². The summed E-state index contributed by atoms with van der Waals surface area (Å²) < 4.78 is 0. The van der Waals surface area contributed by atoms with E-state index in [0.717, 1.165) is 0 Å². The highest BCUT2D eigenvalue weighted by atomic mass is 16.3. The van der Waals surface area contributed by atoms with Gasteiger partial charge in [0, 0.05) is 18.1 Å². The van der Waals surface area contributed by atoms with Gasteiger partial charge in [-0.1, -0.05) is 29.8 Å². The van der Waals surface area contributed by atoms with Gasteiger partial charge in [-0.15, -0.1) is 0 Å². The zero-order chi connectivity index (χ0) is 13.0. The van der Waals surface area contributed by atoms with Gasteiger partial charge in [-0.25, -0.2) is 0 Å². The Kier molecular flexibility index (Phi) is 5.12. The van der Waals surface area contributed by atoms with Gasteiger partial charge in [0.05, 0.1) is 6.61 Å². The summed E-state index contributed by atoms with van der Waals surface area (Å²) in [5, 5.41) is 9.25. The van der Waals surface area contributed by atoms with Crippen molar-refractivity contribution >= 4 is 0 Å². The molecule has 1 rings (SSSR count). The molecule has 0 spiro atoms. The Hall–Kier alpha value is -0.900. The monoisotopic (exact) mass is 236 g/mol. The minimum atomic E-state index is 0.0239. The van der Waals surface area contributed by atoms with E-state index in [1.165, 1.54) is 11.1 Å². The molecule has 1 aromatic carbocycles. The van der Waals surface area contributed by atoms with Crippen LogP contribution in [0.2, 0.25) is 0 Å². The van der Waals surface area contributed by atoms with Crippen LogP contribution in [-0.2, 0) is 0 Å². The van der Waals surface area contributed by atoms with E-state index in [4.69, 9.17) is 5.73 Å². The van der Waals surface area contributed by atoms with Crippen LogP contribution in [0.15, 0.2) is 24.3 Å². The van der Waals surface area contributed by atoms with Gasteiger partial charge in [0.25, 0.3) is 0 Å². The molecule has 3 heteroatoms. The highest BCUT2D eigenvalue weighted by molar-refractivity contribution is 5.26. The van der Waals surface area contributed by atoms with Crippen molar-refractivity contribution in [3.63, 3.8) is 0 Å². The molecule has 0 aromatic heterocycles. The van der Waals surface area contributed by atoms with Crippen molar-refractivity contribution in [2.24, 2.45) is 5.73 Å². The molecule has 96 valence electrons. The van der Waals surface area contributed by atoms with Crippen molar-refractivity contribution in [2.75, 3.05) is 13.7 Å². The largest absolute Gasteiger partial charge is 0.395 e. The van der Waals surface area contributed by atoms with Crippen LogP contribution in [-0.4, -0.2) is 35.7 Å². The molecule has 0 heterocycles. The fourth-order valence-corrected chi connectivity index (χ4v) is 2.17. The van der Waals surface area contributed by atoms with Crippen LogP contribution in [0.4, 0.5) is 0 Å². The number of likely N-dealkylation sites (N-methyl/N-ethyl adjacent to an activating group) is 1. The van der Waals surface area contributed by atoms with Crippen LogP contribution < -0.4 is 5.73 Å². The highest BCUT2D eigenvalue weighted by Crippen LogP contribution is 2.24. The predicted molar refractivity (Wildman–Crippen MR) is 71.9 cm³/mol. The number of aliphatic hydroxyl groups excluding tert-OH is 1. The van der Waals surface area contributed by atoms with E-state index in [2.05, 4.69) is 36.1 Å². The minimum Gasteiger partial charge on any atom is -0.395 e. The molecule has 0 fully saturated rings. The van der Waals surface area contributed by atoms with E-state index in [0.29, 0.717) is 0 Å². The maximum atomic E-state index is 9.25. The summed E-state index contributed by atoms with van der Waals surface area (Å²) in [5.41, 5.74) is 8.53. The molecule has 0 aliphatic heterocycles. The highest BCUT2D eigenvalue weighted by Gasteiger charge is 2.24. The SMILES string of the molecule is Cc1cccc(C(C(C)N)N(C)C(C)CO)c1. The lowest BCUT2D eigenvalue weighted by Crippen LogP contribution is -2.43. The van der Waals surface area contributed by atoms with E-state index < -0.39 is 0 Å². The van der Waals surface area contributed by atoms with Crippen LogP contribution in [0, 0.1) is 6.92 Å². The second-order valence-electron chi connectivity index (χ2n) is 4.92. The van der Waals surface area contributed by atoms with Crippen molar-refractivity contribution in [1.82, 2.24) is 4.90 Å². The van der Waals surface area contributed by atoms with E-state index in [-0.39, 0.29) is 24.7 Å². The second kappa shape index (κ2) is 6.15. The van der Waals surface area contributed by atoms with Crippen LogP contribution in [0.5, 0.6) is 0 Å². The number of nitrogens with two attached hydrogens (primary N) is 1. The molecule has 17 heavy (non-hydrogen) atoms. The van der Waals surface area contributed by atoms with E-state index >= 15 is 0 Å². The molecular formula is C14H24N2O. The summed E-state index contributed by atoms with van der Waals surface area (Å²) in [6, 6.07) is 8.66. The van der Waals surface area contributed by atoms with Crippen LogP contribution >= 0.6 is 0 Å². The summed E-state index contributed by atoms with van der Waals surface area (Å²) in [6.07, 6.45) is 0. The molecule has 0 amide bonds. The molecule has 1 aromatic rings. The van der Waals surface area contributed by atoms with Crippen LogP contribution in [0.3, 0.4) is 0 Å². The van der Waals surface area contributed by atoms with Crippen LogP contribution in [0.1, 0.15) is 31.0 Å². The number of nitrogens with zero attached hydrogens (tertiary/aromatic N) is 1. The summed E-state index contributed by atoms with van der Waals surface area (Å²) in [6.45, 7) is 6.24. The van der Waals surface area contributed by atoms with Gasteiger partial charge < -0.3 is 10.8 Å². The Morgan fingerprint density at radius 2 is 2.00 bits per heavy atom. The first kappa shape index (κ1) is 14.2. The first-order chi connectivity index (χ1) is 7.97. The Morgan fingerprint density at radius 3 is 2.47 bits per heavy atom. The van der Waals surface area contributed by atoms with Gasteiger partial charge in [-0.2, -0.15) is 0 Å². The fraction of sp³-hybridized carbons (Fsp3) is 0.571. The van der Waals surface area contributed by atoms with Gasteiger partial charge in [0.15, 0.2) is 0 Å². The third-order valence-corrected chi connectivity index (χ3v) is 3.28. The van der Waals surface area contributed by atoms with E-state index in [1.807, 2.05) is 20.9 Å². The summed E-state index contributed by atoms with van der Waals surface area (Å²) in [4.78, 5) is 2.14. The van der Waals surface area contributed by atoms with Crippen molar-refractivity contribution in [2.45, 2.75) is 38.9 Å². The van der Waals surface area contributed by atoms with E-state index in [1.54, 1.807) is 0 Å². The topological polar surface area (TPSA) is 49.5 Å². The standard InChI is InChI=1S/C14H24N2O/c1-10-6-5-7-13(8-10)14(12(3)15)16(4)11(2)9-17/h5-8,11-12,14,17H,9,15H2,1-4H3. The maximum absolute atomic E-state index is 9.25. The van der Waals surface area contributed by atoms with Crippen molar-refractivity contribution in [3.05, 3.63) is 35.4 Å². The summed E-state index contributed by atoms with van der Waals surface area (Å²) >= 11 is 0. The number of benzene rings is 1. The molecule has 0 aliphatic rings. The smallest absolute Gasteiger partial charge is 0.0584 e. The van der Waals surface area contributed by atoms with Gasteiger partial charge in [-0.3, -0.25) is 4.90 Å². The Balaban J connectivity index is 3.01. The molecule has 0 saturated heterocycles. The maximum Gasteiger partial charge on any atom is 0.0584 e. The number of hydrogen-bond acceptors (Lipinski definition) is 3. The molecule has 3 nitrogen and oxygen atoms in total. The normalized spacial score (nSPS) is 16.9. The fourth-order valence-electron chi connectivity index (χ4n) is 2.17. The molecule has 0 aliphatic carbocycles. The summed E-state index contributed by atoms with van der Waals surface area (Å²) in [7, 11) is 2.01. The van der Waals surface area contributed by atoms with Crippen LogP contribution in [0.25, 0.3) is 0 Å². The molecule has 0 bridgehead atoms. The first-order valence-corrected chi connectivity index (χ1v) is 6.12. The number of hydrogen-bond donors (Lipinski definition) is 2. The average molecular weight is 236 g/mol. The second-order valence-corrected chi connectivity index (χ2v) is 4.92.